The lowest BCUT2D eigenvalue weighted by Crippen LogP contribution is -2.33. The maximum Gasteiger partial charge on any atom is 0.308 e. The highest BCUT2D eigenvalue weighted by Crippen LogP contribution is 2.08. The summed E-state index contributed by atoms with van der Waals surface area (Å²) in [7, 11) is 0. The standard InChI is InChI=1S/C17H17NO4/c19-16(9-8-15-7-4-10-22-15)18-12-14(17(20)21)11-13-5-2-1-3-6-13/h1-10,14H,11-12H2,(H,18,19)(H,20,21)/b9-8+. The zero-order chi connectivity index (χ0) is 15.8. The molecule has 2 aromatic rings. The van der Waals surface area contributed by atoms with Gasteiger partial charge in [-0.2, -0.15) is 0 Å². The summed E-state index contributed by atoms with van der Waals surface area (Å²) in [5.74, 6) is -1.38. The fourth-order valence-electron chi connectivity index (χ4n) is 1.97. The van der Waals surface area contributed by atoms with Crippen molar-refractivity contribution in [2.75, 3.05) is 6.54 Å². The first-order valence-corrected chi connectivity index (χ1v) is 6.91. The fraction of sp³-hybridized carbons (Fsp3) is 0.176. The predicted molar refractivity (Wildman–Crippen MR) is 82.0 cm³/mol. The Labute approximate surface area is 128 Å². The van der Waals surface area contributed by atoms with Crippen LogP contribution in [-0.4, -0.2) is 23.5 Å². The molecule has 0 aliphatic heterocycles. The van der Waals surface area contributed by atoms with Crippen LogP contribution < -0.4 is 5.32 Å². The first kappa shape index (κ1) is 15.6. The minimum absolute atomic E-state index is 0.0750. The van der Waals surface area contributed by atoms with Crippen molar-refractivity contribution < 1.29 is 19.1 Å². The van der Waals surface area contributed by atoms with Gasteiger partial charge in [-0.25, -0.2) is 0 Å². The molecule has 1 aromatic carbocycles. The molecule has 114 valence electrons. The Kier molecular flexibility index (Phi) is 5.54. The molecule has 0 fully saturated rings. The van der Waals surface area contributed by atoms with Crippen LogP contribution in [-0.2, 0) is 16.0 Å². The van der Waals surface area contributed by atoms with Crippen LogP contribution in [0.4, 0.5) is 0 Å². The van der Waals surface area contributed by atoms with Gasteiger partial charge in [0.15, 0.2) is 0 Å². The third-order valence-corrected chi connectivity index (χ3v) is 3.14. The largest absolute Gasteiger partial charge is 0.481 e. The molecule has 1 amide bonds. The molecule has 1 atom stereocenters. The summed E-state index contributed by atoms with van der Waals surface area (Å²) in [5.41, 5.74) is 0.926. The third kappa shape index (κ3) is 4.94. The normalized spacial score (nSPS) is 12.2. The Bertz CT molecular complexity index is 632. The van der Waals surface area contributed by atoms with E-state index in [1.54, 1.807) is 12.1 Å². The second-order valence-electron chi connectivity index (χ2n) is 4.82. The van der Waals surface area contributed by atoms with Gasteiger partial charge in [-0.15, -0.1) is 0 Å². The number of benzene rings is 1. The number of aliphatic carboxylic acids is 1. The fourth-order valence-corrected chi connectivity index (χ4v) is 1.97. The van der Waals surface area contributed by atoms with Gasteiger partial charge in [0.1, 0.15) is 5.76 Å². The van der Waals surface area contributed by atoms with E-state index >= 15 is 0 Å². The van der Waals surface area contributed by atoms with Gasteiger partial charge in [-0.3, -0.25) is 9.59 Å². The van der Waals surface area contributed by atoms with Crippen LogP contribution >= 0.6 is 0 Å². The lowest BCUT2D eigenvalue weighted by Gasteiger charge is -2.12. The van der Waals surface area contributed by atoms with Crippen molar-refractivity contribution in [2.45, 2.75) is 6.42 Å². The lowest BCUT2D eigenvalue weighted by molar-refractivity contribution is -0.141. The van der Waals surface area contributed by atoms with Gasteiger partial charge in [0, 0.05) is 12.6 Å². The summed E-state index contributed by atoms with van der Waals surface area (Å²) in [6.07, 6.45) is 4.73. The second kappa shape index (κ2) is 7.83. The van der Waals surface area contributed by atoms with Crippen molar-refractivity contribution >= 4 is 18.0 Å². The summed E-state index contributed by atoms with van der Waals surface area (Å²) in [4.78, 5) is 23.0. The van der Waals surface area contributed by atoms with E-state index in [4.69, 9.17) is 4.42 Å². The Morgan fingerprint density at radius 3 is 2.59 bits per heavy atom. The summed E-state index contributed by atoms with van der Waals surface area (Å²) in [6, 6.07) is 12.8. The van der Waals surface area contributed by atoms with Gasteiger partial charge in [0.05, 0.1) is 12.2 Å². The van der Waals surface area contributed by atoms with E-state index in [0.717, 1.165) is 5.56 Å². The van der Waals surface area contributed by atoms with Gasteiger partial charge in [0.25, 0.3) is 0 Å². The second-order valence-corrected chi connectivity index (χ2v) is 4.82. The molecular weight excluding hydrogens is 282 g/mol. The average Bonchev–Trinajstić information content (AvgIpc) is 3.03. The van der Waals surface area contributed by atoms with E-state index < -0.39 is 11.9 Å². The van der Waals surface area contributed by atoms with E-state index in [1.807, 2.05) is 30.3 Å². The number of carboxylic acid groups (broad SMARTS) is 1. The maximum atomic E-state index is 11.7. The molecule has 2 rings (SSSR count). The zero-order valence-electron chi connectivity index (χ0n) is 11.9. The Morgan fingerprint density at radius 1 is 1.18 bits per heavy atom. The van der Waals surface area contributed by atoms with Crippen molar-refractivity contribution in [3.8, 4) is 0 Å². The highest BCUT2D eigenvalue weighted by Gasteiger charge is 2.18. The summed E-state index contributed by atoms with van der Waals surface area (Å²) in [5, 5.41) is 11.8. The molecule has 1 heterocycles. The van der Waals surface area contributed by atoms with Crippen LogP contribution in [0.3, 0.4) is 0 Å². The Morgan fingerprint density at radius 2 is 1.95 bits per heavy atom. The topological polar surface area (TPSA) is 79.5 Å². The van der Waals surface area contributed by atoms with Crippen molar-refractivity contribution in [3.63, 3.8) is 0 Å². The number of rotatable bonds is 7. The highest BCUT2D eigenvalue weighted by atomic mass is 16.4. The highest BCUT2D eigenvalue weighted by molar-refractivity contribution is 5.91. The monoisotopic (exact) mass is 299 g/mol. The number of hydrogen-bond acceptors (Lipinski definition) is 3. The van der Waals surface area contributed by atoms with Gasteiger partial charge < -0.3 is 14.8 Å². The number of carbonyl (C=O) groups is 2. The van der Waals surface area contributed by atoms with Crippen molar-refractivity contribution in [2.24, 2.45) is 5.92 Å². The van der Waals surface area contributed by atoms with Crippen LogP contribution in [0.1, 0.15) is 11.3 Å². The maximum absolute atomic E-state index is 11.7. The minimum atomic E-state index is -0.931. The van der Waals surface area contributed by atoms with Crippen LogP contribution in [0.2, 0.25) is 0 Å². The molecule has 0 aliphatic rings. The van der Waals surface area contributed by atoms with Crippen molar-refractivity contribution in [1.29, 1.82) is 0 Å². The molecule has 0 saturated carbocycles. The molecule has 0 bridgehead atoms. The van der Waals surface area contributed by atoms with Crippen LogP contribution in [0, 0.1) is 5.92 Å². The van der Waals surface area contributed by atoms with Crippen molar-refractivity contribution in [1.82, 2.24) is 5.32 Å². The molecule has 1 aromatic heterocycles. The molecule has 5 nitrogen and oxygen atoms in total. The first-order chi connectivity index (χ1) is 10.6. The Balaban J connectivity index is 1.86. The Hall–Kier alpha value is -2.82. The lowest BCUT2D eigenvalue weighted by atomic mass is 9.99. The summed E-state index contributed by atoms with van der Waals surface area (Å²) in [6.45, 7) is 0.0750. The molecule has 0 spiro atoms. The summed E-state index contributed by atoms with van der Waals surface area (Å²) < 4.78 is 5.07. The van der Waals surface area contributed by atoms with E-state index in [9.17, 15) is 14.7 Å². The number of nitrogens with one attached hydrogen (secondary N) is 1. The van der Waals surface area contributed by atoms with E-state index in [1.165, 1.54) is 18.4 Å². The minimum Gasteiger partial charge on any atom is -0.481 e. The van der Waals surface area contributed by atoms with Crippen LogP contribution in [0.15, 0.2) is 59.2 Å². The van der Waals surface area contributed by atoms with Gasteiger partial charge >= 0.3 is 5.97 Å². The molecule has 0 saturated heterocycles. The van der Waals surface area contributed by atoms with E-state index in [0.29, 0.717) is 12.2 Å². The van der Waals surface area contributed by atoms with Gasteiger partial charge in [0.2, 0.25) is 5.91 Å². The molecule has 1 unspecified atom stereocenters. The average molecular weight is 299 g/mol. The molecule has 22 heavy (non-hydrogen) atoms. The van der Waals surface area contributed by atoms with Gasteiger partial charge in [-0.05, 0) is 30.2 Å². The SMILES string of the molecule is O=C(/C=C/c1ccco1)NCC(Cc1ccccc1)C(=O)O. The zero-order valence-corrected chi connectivity index (χ0v) is 11.9. The predicted octanol–water partition coefficient (Wildman–Crippen LogP) is 2.35. The molecular formula is C17H17NO4. The van der Waals surface area contributed by atoms with E-state index in [-0.39, 0.29) is 12.5 Å². The first-order valence-electron chi connectivity index (χ1n) is 6.91. The van der Waals surface area contributed by atoms with Crippen molar-refractivity contribution in [3.05, 3.63) is 66.1 Å². The van der Waals surface area contributed by atoms with Crippen LogP contribution in [0.25, 0.3) is 6.08 Å². The smallest absolute Gasteiger partial charge is 0.308 e. The molecule has 2 N–H and O–H groups in total. The van der Waals surface area contributed by atoms with Gasteiger partial charge in [-0.1, -0.05) is 30.3 Å². The number of carboxylic acids is 1. The number of amides is 1. The number of hydrogen-bond donors (Lipinski definition) is 2. The molecule has 5 heteroatoms. The number of carbonyl (C=O) groups excluding carboxylic acids is 1. The quantitative estimate of drug-likeness (QED) is 0.769. The molecule has 0 radical (unpaired) electrons. The third-order valence-electron chi connectivity index (χ3n) is 3.14. The van der Waals surface area contributed by atoms with Crippen LogP contribution in [0.5, 0.6) is 0 Å². The van der Waals surface area contributed by atoms with E-state index in [2.05, 4.69) is 5.32 Å². The number of furan rings is 1. The summed E-state index contributed by atoms with van der Waals surface area (Å²) >= 11 is 0. The molecule has 0 aliphatic carbocycles.